The first-order chi connectivity index (χ1) is 18.7. The van der Waals surface area contributed by atoms with Crippen molar-refractivity contribution in [1.29, 1.82) is 0 Å². The number of hydrogen-bond acceptors (Lipinski definition) is 7. The standard InChI is InChI=1S/C26H24F4N8O2/c1-24(2)16-18(22(39)33-12-25(3,31)26(28,29)30)34-20(35-19(16)36-23(24)40)17-14-8-6-10-32-21(14)38(37-17)11-13-7-4-5-9-15(13)27/h4-10H,11-12,31H2,1-3H3,(H,33,39)(H,34,35,36,40). The molecule has 5 rings (SSSR count). The maximum Gasteiger partial charge on any atom is 0.407 e. The van der Waals surface area contributed by atoms with Crippen LogP contribution < -0.4 is 16.4 Å². The molecule has 1 aliphatic rings. The number of anilines is 1. The fraction of sp³-hybridized carbons (Fsp3) is 0.308. The van der Waals surface area contributed by atoms with Crippen molar-refractivity contribution in [2.45, 2.75) is 44.4 Å². The van der Waals surface area contributed by atoms with Gasteiger partial charge in [0.15, 0.2) is 11.5 Å². The van der Waals surface area contributed by atoms with E-state index in [1.165, 1.54) is 16.9 Å². The summed E-state index contributed by atoms with van der Waals surface area (Å²) < 4.78 is 55.7. The van der Waals surface area contributed by atoms with Crippen molar-refractivity contribution in [2.75, 3.05) is 11.9 Å². The van der Waals surface area contributed by atoms with Crippen LogP contribution in [0, 0.1) is 5.82 Å². The number of nitrogens with two attached hydrogens (primary N) is 1. The molecule has 1 aromatic carbocycles. The zero-order valence-electron chi connectivity index (χ0n) is 21.6. The first kappa shape index (κ1) is 27.1. The molecule has 0 saturated heterocycles. The Labute approximate surface area is 225 Å². The Morgan fingerprint density at radius 1 is 1.15 bits per heavy atom. The molecule has 3 aromatic heterocycles. The van der Waals surface area contributed by atoms with Crippen LogP contribution in [0.5, 0.6) is 0 Å². The third-order valence-corrected chi connectivity index (χ3v) is 6.81. The second-order valence-electron chi connectivity index (χ2n) is 10.3. The number of aromatic nitrogens is 5. The van der Waals surface area contributed by atoms with Crippen LogP contribution in [0.25, 0.3) is 22.6 Å². The molecule has 10 nitrogen and oxygen atoms in total. The molecule has 4 heterocycles. The highest BCUT2D eigenvalue weighted by molar-refractivity contribution is 6.09. The lowest BCUT2D eigenvalue weighted by molar-refractivity contribution is -0.178. The third-order valence-electron chi connectivity index (χ3n) is 6.81. The van der Waals surface area contributed by atoms with E-state index >= 15 is 0 Å². The van der Waals surface area contributed by atoms with Gasteiger partial charge in [-0.2, -0.15) is 18.3 Å². The van der Waals surface area contributed by atoms with E-state index < -0.39 is 41.3 Å². The van der Waals surface area contributed by atoms with Gasteiger partial charge in [0.2, 0.25) is 5.91 Å². The number of benzene rings is 1. The molecule has 4 aromatic rings. The zero-order chi connectivity index (χ0) is 29.0. The van der Waals surface area contributed by atoms with Gasteiger partial charge in [-0.05, 0) is 39.0 Å². The van der Waals surface area contributed by atoms with E-state index in [1.807, 2.05) is 0 Å². The second-order valence-corrected chi connectivity index (χ2v) is 10.3. The molecule has 2 amide bonds. The summed E-state index contributed by atoms with van der Waals surface area (Å²) in [5, 5.41) is 9.83. The minimum atomic E-state index is -4.78. The monoisotopic (exact) mass is 556 g/mol. The van der Waals surface area contributed by atoms with Crippen molar-refractivity contribution < 1.29 is 27.2 Å². The highest BCUT2D eigenvalue weighted by Gasteiger charge is 2.49. The van der Waals surface area contributed by atoms with E-state index in [1.54, 1.807) is 44.2 Å². The lowest BCUT2D eigenvalue weighted by Gasteiger charge is -2.27. The Morgan fingerprint density at radius 2 is 1.88 bits per heavy atom. The summed E-state index contributed by atoms with van der Waals surface area (Å²) in [5.74, 6) is -1.94. The van der Waals surface area contributed by atoms with Crippen LogP contribution in [0.3, 0.4) is 0 Å². The van der Waals surface area contributed by atoms with Crippen LogP contribution in [0.15, 0.2) is 42.6 Å². The molecular weight excluding hydrogens is 532 g/mol. The summed E-state index contributed by atoms with van der Waals surface area (Å²) in [7, 11) is 0. The third kappa shape index (κ3) is 4.53. The lowest BCUT2D eigenvalue weighted by atomic mass is 9.85. The molecule has 14 heteroatoms. The molecule has 0 fully saturated rings. The Balaban J connectivity index is 1.62. The van der Waals surface area contributed by atoms with Gasteiger partial charge in [0.05, 0.1) is 17.3 Å². The number of amides is 2. The van der Waals surface area contributed by atoms with Crippen LogP contribution in [0.2, 0.25) is 0 Å². The number of alkyl halides is 3. The summed E-state index contributed by atoms with van der Waals surface area (Å²) in [6.07, 6.45) is -3.26. The van der Waals surface area contributed by atoms with Gasteiger partial charge in [0.25, 0.3) is 5.91 Å². The zero-order valence-corrected chi connectivity index (χ0v) is 21.6. The number of rotatable bonds is 6. The van der Waals surface area contributed by atoms with Gasteiger partial charge in [0, 0.05) is 23.9 Å². The Bertz CT molecular complexity index is 1660. The molecule has 1 aliphatic heterocycles. The molecule has 1 unspecified atom stereocenters. The molecule has 0 saturated carbocycles. The van der Waals surface area contributed by atoms with Gasteiger partial charge in [0.1, 0.15) is 28.6 Å². The Morgan fingerprint density at radius 3 is 2.58 bits per heavy atom. The molecule has 1 atom stereocenters. The maximum atomic E-state index is 14.4. The average molecular weight is 557 g/mol. The van der Waals surface area contributed by atoms with E-state index in [0.29, 0.717) is 16.6 Å². The number of carbonyl (C=O) groups excluding carboxylic acids is 2. The van der Waals surface area contributed by atoms with Gasteiger partial charge >= 0.3 is 6.18 Å². The summed E-state index contributed by atoms with van der Waals surface area (Å²) in [6.45, 7) is 2.92. The van der Waals surface area contributed by atoms with Gasteiger partial charge in [-0.25, -0.2) is 24.0 Å². The molecule has 40 heavy (non-hydrogen) atoms. The van der Waals surface area contributed by atoms with E-state index in [0.717, 1.165) is 6.92 Å². The van der Waals surface area contributed by atoms with Crippen molar-refractivity contribution in [2.24, 2.45) is 5.73 Å². The molecule has 208 valence electrons. The van der Waals surface area contributed by atoms with E-state index in [4.69, 9.17) is 5.73 Å². The topological polar surface area (TPSA) is 141 Å². The minimum absolute atomic E-state index is 0.0226. The van der Waals surface area contributed by atoms with Crippen molar-refractivity contribution in [3.63, 3.8) is 0 Å². The fourth-order valence-corrected chi connectivity index (χ4v) is 4.31. The number of pyridine rings is 1. The van der Waals surface area contributed by atoms with Crippen LogP contribution in [0.1, 0.15) is 42.4 Å². The summed E-state index contributed by atoms with van der Waals surface area (Å²) in [4.78, 5) is 39.2. The lowest BCUT2D eigenvalue weighted by Crippen LogP contribution is -2.58. The van der Waals surface area contributed by atoms with Crippen molar-refractivity contribution in [1.82, 2.24) is 30.0 Å². The van der Waals surface area contributed by atoms with Gasteiger partial charge in [-0.3, -0.25) is 9.59 Å². The first-order valence-electron chi connectivity index (χ1n) is 12.1. The van der Waals surface area contributed by atoms with Crippen molar-refractivity contribution in [3.8, 4) is 11.5 Å². The van der Waals surface area contributed by atoms with Crippen LogP contribution in [-0.4, -0.2) is 54.8 Å². The minimum Gasteiger partial charge on any atom is -0.348 e. The fourth-order valence-electron chi connectivity index (χ4n) is 4.31. The predicted octanol–water partition coefficient (Wildman–Crippen LogP) is 3.31. The largest absolute Gasteiger partial charge is 0.407 e. The average Bonchev–Trinajstić information content (AvgIpc) is 3.36. The SMILES string of the molecule is CC1(C)C(=O)Nc2nc(-c3nn(Cc4ccccc4F)c4ncccc34)nc(C(=O)NCC(C)(N)C(F)(F)F)c21. The van der Waals surface area contributed by atoms with Crippen LogP contribution in [-0.2, 0) is 16.8 Å². The maximum absolute atomic E-state index is 14.4. The normalized spacial score (nSPS) is 15.9. The number of fused-ring (bicyclic) bond motifs is 2. The highest BCUT2D eigenvalue weighted by atomic mass is 19.4. The van der Waals surface area contributed by atoms with E-state index in [-0.39, 0.29) is 35.1 Å². The summed E-state index contributed by atoms with van der Waals surface area (Å²) >= 11 is 0. The predicted molar refractivity (Wildman–Crippen MR) is 137 cm³/mol. The van der Waals surface area contributed by atoms with Gasteiger partial charge in [-0.1, -0.05) is 18.2 Å². The first-order valence-corrected chi connectivity index (χ1v) is 12.1. The molecule has 0 radical (unpaired) electrons. The van der Waals surface area contributed by atoms with E-state index in [9.17, 15) is 27.2 Å². The van der Waals surface area contributed by atoms with Crippen LogP contribution >= 0.6 is 0 Å². The summed E-state index contributed by atoms with van der Waals surface area (Å²) in [6, 6.07) is 9.49. The number of halogens is 4. The smallest absolute Gasteiger partial charge is 0.348 e. The number of nitrogens with zero attached hydrogens (tertiary/aromatic N) is 5. The van der Waals surface area contributed by atoms with Crippen LogP contribution in [0.4, 0.5) is 23.4 Å². The highest BCUT2D eigenvalue weighted by Crippen LogP contribution is 2.40. The molecule has 0 spiro atoms. The number of hydrogen-bond donors (Lipinski definition) is 3. The van der Waals surface area contributed by atoms with Gasteiger partial charge < -0.3 is 16.4 Å². The molecule has 0 aliphatic carbocycles. The van der Waals surface area contributed by atoms with Crippen molar-refractivity contribution in [3.05, 3.63) is 65.2 Å². The Kier molecular flexibility index (Phi) is 6.32. The molecule has 0 bridgehead atoms. The second kappa shape index (κ2) is 9.33. The number of carbonyl (C=O) groups is 2. The van der Waals surface area contributed by atoms with Crippen molar-refractivity contribution >= 4 is 28.7 Å². The van der Waals surface area contributed by atoms with E-state index in [2.05, 4.69) is 30.7 Å². The Hall–Kier alpha value is -4.46. The summed E-state index contributed by atoms with van der Waals surface area (Å²) in [5.41, 5.74) is 2.14. The molecular formula is C26H24F4N8O2. The van der Waals surface area contributed by atoms with Gasteiger partial charge in [-0.15, -0.1) is 0 Å². The number of nitrogens with one attached hydrogen (secondary N) is 2. The quantitative estimate of drug-likeness (QED) is 0.310. The molecule has 4 N–H and O–H groups in total.